The first kappa shape index (κ1) is 21.4. The van der Waals surface area contributed by atoms with Gasteiger partial charge >= 0.3 is 0 Å². The Hall–Kier alpha value is -2.35. The lowest BCUT2D eigenvalue weighted by Crippen LogP contribution is -2.35. The van der Waals surface area contributed by atoms with Crippen molar-refractivity contribution >= 4 is 5.91 Å². The Bertz CT molecular complexity index is 834. The minimum Gasteiger partial charge on any atom is -0.475 e. The summed E-state index contributed by atoms with van der Waals surface area (Å²) in [5.41, 5.74) is 0.382. The molecule has 0 aromatic carbocycles. The van der Waals surface area contributed by atoms with Crippen molar-refractivity contribution in [1.82, 2.24) is 24.6 Å². The Labute approximate surface area is 172 Å². The minimum absolute atomic E-state index is 0.0362. The molecular weight excluding hydrogens is 370 g/mol. The maximum atomic E-state index is 12.9. The van der Waals surface area contributed by atoms with Gasteiger partial charge in [-0.15, -0.1) is 0 Å². The van der Waals surface area contributed by atoms with Gasteiger partial charge in [-0.25, -0.2) is 9.67 Å². The molecule has 0 radical (unpaired) electrons. The molecule has 2 aromatic heterocycles. The second kappa shape index (κ2) is 8.57. The highest BCUT2D eigenvalue weighted by Gasteiger charge is 2.25. The van der Waals surface area contributed by atoms with E-state index in [9.17, 15) is 4.79 Å². The lowest BCUT2D eigenvalue weighted by atomic mass is 9.94. The van der Waals surface area contributed by atoms with Crippen molar-refractivity contribution < 1.29 is 13.9 Å². The number of ether oxygens (including phenoxy) is 1. The number of nitrogens with zero attached hydrogens (tertiary/aromatic N) is 5. The van der Waals surface area contributed by atoms with E-state index in [2.05, 4.69) is 35.8 Å². The third-order valence-corrected chi connectivity index (χ3v) is 4.94. The summed E-state index contributed by atoms with van der Waals surface area (Å²) in [6, 6.07) is 1.73. The van der Waals surface area contributed by atoms with Crippen LogP contribution in [0.3, 0.4) is 0 Å². The normalized spacial score (nSPS) is 16.3. The Kier molecular flexibility index (Phi) is 6.31. The van der Waals surface area contributed by atoms with Crippen LogP contribution in [0.1, 0.15) is 63.2 Å². The summed E-state index contributed by atoms with van der Waals surface area (Å²) < 4.78 is 13.2. The highest BCUT2D eigenvalue weighted by molar-refractivity contribution is 5.92. The van der Waals surface area contributed by atoms with Crippen LogP contribution in [0.2, 0.25) is 0 Å². The van der Waals surface area contributed by atoms with E-state index >= 15 is 0 Å². The predicted octanol–water partition coefficient (Wildman–Crippen LogP) is 2.84. The van der Waals surface area contributed by atoms with Gasteiger partial charge in [0.2, 0.25) is 11.8 Å². The fraction of sp³-hybridized carbons (Fsp3) is 0.667. The molecule has 0 saturated carbocycles. The molecule has 160 valence electrons. The van der Waals surface area contributed by atoms with Crippen LogP contribution in [-0.4, -0.2) is 62.8 Å². The molecule has 0 spiro atoms. The summed E-state index contributed by atoms with van der Waals surface area (Å²) in [4.78, 5) is 21.5. The van der Waals surface area contributed by atoms with Gasteiger partial charge in [-0.3, -0.25) is 9.69 Å². The van der Waals surface area contributed by atoms with E-state index in [0.717, 1.165) is 31.2 Å². The number of oxazole rings is 1. The second-order valence-electron chi connectivity index (χ2n) is 8.95. The van der Waals surface area contributed by atoms with Crippen LogP contribution in [0.4, 0.5) is 0 Å². The van der Waals surface area contributed by atoms with Crippen LogP contribution in [0, 0.1) is 0 Å². The molecule has 0 bridgehead atoms. The highest BCUT2D eigenvalue weighted by atomic mass is 16.5. The zero-order valence-electron chi connectivity index (χ0n) is 18.4. The first-order valence-corrected chi connectivity index (χ1v) is 10.3. The van der Waals surface area contributed by atoms with Gasteiger partial charge in [0.15, 0.2) is 5.69 Å². The third kappa shape index (κ3) is 5.38. The first-order chi connectivity index (χ1) is 13.6. The smallest absolute Gasteiger partial charge is 0.274 e. The topological polar surface area (TPSA) is 76.6 Å². The maximum Gasteiger partial charge on any atom is 0.274 e. The molecule has 1 amide bonds. The van der Waals surface area contributed by atoms with Gasteiger partial charge in [-0.1, -0.05) is 20.8 Å². The average molecular weight is 404 g/mol. The van der Waals surface area contributed by atoms with Crippen LogP contribution < -0.4 is 4.74 Å². The van der Waals surface area contributed by atoms with Gasteiger partial charge in [0.25, 0.3) is 5.91 Å². The van der Waals surface area contributed by atoms with Crippen LogP contribution in [0.25, 0.3) is 0 Å². The maximum absolute atomic E-state index is 12.9. The number of amides is 1. The van der Waals surface area contributed by atoms with Gasteiger partial charge in [0.05, 0.1) is 18.8 Å². The average Bonchev–Trinajstić information content (AvgIpc) is 3.16. The molecule has 1 aliphatic rings. The molecule has 8 heteroatoms. The van der Waals surface area contributed by atoms with Gasteiger partial charge in [0, 0.05) is 44.7 Å². The van der Waals surface area contributed by atoms with Gasteiger partial charge < -0.3 is 14.1 Å². The molecular formula is C21H33N5O3. The van der Waals surface area contributed by atoms with Crippen molar-refractivity contribution in [2.45, 2.75) is 59.1 Å². The summed E-state index contributed by atoms with van der Waals surface area (Å²) in [5.74, 6) is 2.19. The fourth-order valence-corrected chi connectivity index (χ4v) is 3.32. The predicted molar refractivity (Wildman–Crippen MR) is 110 cm³/mol. The number of carbonyl (C=O) groups excluding carboxylic acids is 1. The Morgan fingerprint density at radius 1 is 1.24 bits per heavy atom. The standard InChI is InChI=1S/C21H33N5O3/c1-15(2)28-19-12-16(23-24(19)6)20(27)26-9-7-8-25(10-11-26)14-18-22-13-17(29-18)21(3,4)5/h12-13,15H,7-11,14H2,1-6H3. The van der Waals surface area contributed by atoms with E-state index in [0.29, 0.717) is 31.2 Å². The zero-order chi connectivity index (χ0) is 21.2. The van der Waals surface area contributed by atoms with E-state index in [1.54, 1.807) is 17.8 Å². The van der Waals surface area contributed by atoms with Crippen molar-refractivity contribution in [3.05, 3.63) is 29.6 Å². The first-order valence-electron chi connectivity index (χ1n) is 10.3. The van der Waals surface area contributed by atoms with Crippen molar-refractivity contribution in [2.75, 3.05) is 26.2 Å². The fourth-order valence-electron chi connectivity index (χ4n) is 3.32. The molecule has 0 N–H and O–H groups in total. The van der Waals surface area contributed by atoms with E-state index < -0.39 is 0 Å². The lowest BCUT2D eigenvalue weighted by Gasteiger charge is -2.20. The number of rotatable bonds is 5. The molecule has 1 fully saturated rings. The Morgan fingerprint density at radius 2 is 2.00 bits per heavy atom. The van der Waals surface area contributed by atoms with E-state index in [1.807, 2.05) is 24.9 Å². The summed E-state index contributed by atoms with van der Waals surface area (Å²) in [7, 11) is 1.79. The highest BCUT2D eigenvalue weighted by Crippen LogP contribution is 2.23. The summed E-state index contributed by atoms with van der Waals surface area (Å²) in [5, 5.41) is 4.34. The van der Waals surface area contributed by atoms with E-state index in [-0.39, 0.29) is 17.4 Å². The van der Waals surface area contributed by atoms with Crippen molar-refractivity contribution in [3.63, 3.8) is 0 Å². The third-order valence-electron chi connectivity index (χ3n) is 4.94. The molecule has 3 rings (SSSR count). The SMILES string of the molecule is CC(C)Oc1cc(C(=O)N2CCCN(Cc3ncc(C(C)(C)C)o3)CC2)nn1C. The van der Waals surface area contributed by atoms with Crippen molar-refractivity contribution in [2.24, 2.45) is 7.05 Å². The Balaban J connectivity index is 1.59. The van der Waals surface area contributed by atoms with Gasteiger partial charge in [-0.05, 0) is 20.3 Å². The number of aryl methyl sites for hydroxylation is 1. The van der Waals surface area contributed by atoms with Crippen LogP contribution >= 0.6 is 0 Å². The summed E-state index contributed by atoms with van der Waals surface area (Å²) in [6.45, 7) is 14.0. The van der Waals surface area contributed by atoms with Gasteiger partial charge in [0.1, 0.15) is 5.76 Å². The Morgan fingerprint density at radius 3 is 2.66 bits per heavy atom. The summed E-state index contributed by atoms with van der Waals surface area (Å²) in [6.07, 6.45) is 2.76. The number of carbonyl (C=O) groups is 1. The molecule has 0 aliphatic carbocycles. The quantitative estimate of drug-likeness (QED) is 0.764. The second-order valence-corrected chi connectivity index (χ2v) is 8.95. The van der Waals surface area contributed by atoms with Crippen LogP contribution in [0.5, 0.6) is 5.88 Å². The lowest BCUT2D eigenvalue weighted by molar-refractivity contribution is 0.0754. The minimum atomic E-state index is -0.0489. The largest absolute Gasteiger partial charge is 0.475 e. The monoisotopic (exact) mass is 403 g/mol. The van der Waals surface area contributed by atoms with Crippen LogP contribution in [0.15, 0.2) is 16.7 Å². The van der Waals surface area contributed by atoms with E-state index in [4.69, 9.17) is 9.15 Å². The molecule has 0 atom stereocenters. The molecule has 29 heavy (non-hydrogen) atoms. The van der Waals surface area contributed by atoms with E-state index in [1.165, 1.54) is 0 Å². The number of aromatic nitrogens is 3. The molecule has 1 saturated heterocycles. The number of hydrogen-bond acceptors (Lipinski definition) is 6. The molecule has 2 aromatic rings. The molecule has 0 unspecified atom stereocenters. The van der Waals surface area contributed by atoms with Crippen LogP contribution in [-0.2, 0) is 19.0 Å². The molecule has 3 heterocycles. The summed E-state index contributed by atoms with van der Waals surface area (Å²) >= 11 is 0. The number of hydrogen-bond donors (Lipinski definition) is 0. The molecule has 8 nitrogen and oxygen atoms in total. The zero-order valence-corrected chi connectivity index (χ0v) is 18.4. The van der Waals surface area contributed by atoms with Crippen molar-refractivity contribution in [3.8, 4) is 5.88 Å². The van der Waals surface area contributed by atoms with Crippen molar-refractivity contribution in [1.29, 1.82) is 0 Å². The van der Waals surface area contributed by atoms with Gasteiger partial charge in [-0.2, -0.15) is 5.10 Å². The molecule has 1 aliphatic heterocycles.